The van der Waals surface area contributed by atoms with Gasteiger partial charge in [-0.1, -0.05) is 37.7 Å². The Morgan fingerprint density at radius 1 is 1.36 bits per heavy atom. The van der Waals surface area contributed by atoms with E-state index < -0.39 is 0 Å². The molecule has 0 unspecified atom stereocenters. The Kier molecular flexibility index (Phi) is 4.42. The number of thioether (sulfide) groups is 1. The highest BCUT2D eigenvalue weighted by atomic mass is 32.2. The Morgan fingerprint density at radius 3 is 2.64 bits per heavy atom. The summed E-state index contributed by atoms with van der Waals surface area (Å²) in [6.07, 6.45) is 0. The highest BCUT2D eigenvalue weighted by Gasteiger charge is 2.28. The number of piperazine rings is 1. The Bertz CT molecular complexity index is 576. The zero-order valence-corrected chi connectivity index (χ0v) is 14.1. The van der Waals surface area contributed by atoms with Crippen molar-refractivity contribution in [3.05, 3.63) is 17.5 Å². The van der Waals surface area contributed by atoms with Crippen LogP contribution in [0.1, 0.15) is 42.9 Å². The summed E-state index contributed by atoms with van der Waals surface area (Å²) in [6, 6.07) is 1.76. The molecule has 1 amide bonds. The first-order chi connectivity index (χ1) is 10.5. The molecule has 3 heterocycles. The standard InChI is InChI=1S/C15H22N4O2S/c1-10(2)12-8-13(21-17-12)14(20)18-4-6-19(7-5-18)15-16-9-11(3)22-15/h8,10-11H,4-7,9H2,1-3H3/t11-/m1/s1. The van der Waals surface area contributed by atoms with Gasteiger partial charge in [-0.3, -0.25) is 9.79 Å². The van der Waals surface area contributed by atoms with E-state index in [-0.39, 0.29) is 11.8 Å². The highest BCUT2D eigenvalue weighted by Crippen LogP contribution is 2.24. The molecule has 2 aliphatic heterocycles. The number of carbonyl (C=O) groups is 1. The van der Waals surface area contributed by atoms with Gasteiger partial charge < -0.3 is 14.3 Å². The van der Waals surface area contributed by atoms with E-state index in [2.05, 4.69) is 22.0 Å². The van der Waals surface area contributed by atoms with Crippen LogP contribution in [0.4, 0.5) is 0 Å². The van der Waals surface area contributed by atoms with Crippen molar-refractivity contribution in [1.82, 2.24) is 15.0 Å². The second-order valence-corrected chi connectivity index (χ2v) is 7.51. The van der Waals surface area contributed by atoms with Crippen molar-refractivity contribution >= 4 is 22.8 Å². The first-order valence-electron chi connectivity index (χ1n) is 7.76. The van der Waals surface area contributed by atoms with Crippen molar-refractivity contribution in [2.24, 2.45) is 4.99 Å². The first-order valence-corrected chi connectivity index (χ1v) is 8.64. The monoisotopic (exact) mass is 322 g/mol. The summed E-state index contributed by atoms with van der Waals surface area (Å²) in [6.45, 7) is 10.2. The van der Waals surface area contributed by atoms with E-state index in [1.54, 1.807) is 6.07 Å². The molecule has 1 fully saturated rings. The van der Waals surface area contributed by atoms with Crippen LogP contribution in [-0.4, -0.2) is 64.0 Å². The maximum Gasteiger partial charge on any atom is 0.292 e. The quantitative estimate of drug-likeness (QED) is 0.834. The lowest BCUT2D eigenvalue weighted by molar-refractivity contribution is 0.0652. The van der Waals surface area contributed by atoms with Gasteiger partial charge in [0.15, 0.2) is 5.17 Å². The predicted molar refractivity (Wildman–Crippen MR) is 87.4 cm³/mol. The summed E-state index contributed by atoms with van der Waals surface area (Å²) in [5.41, 5.74) is 0.827. The van der Waals surface area contributed by atoms with Crippen LogP contribution in [0.2, 0.25) is 0 Å². The molecule has 0 saturated carbocycles. The number of amides is 1. The maximum atomic E-state index is 12.5. The molecule has 0 aliphatic carbocycles. The van der Waals surface area contributed by atoms with Crippen LogP contribution in [0.15, 0.2) is 15.6 Å². The van der Waals surface area contributed by atoms with E-state index in [4.69, 9.17) is 4.52 Å². The van der Waals surface area contributed by atoms with Gasteiger partial charge in [-0.15, -0.1) is 0 Å². The van der Waals surface area contributed by atoms with Crippen molar-refractivity contribution < 1.29 is 9.32 Å². The van der Waals surface area contributed by atoms with E-state index in [0.717, 1.165) is 30.5 Å². The second-order valence-electron chi connectivity index (χ2n) is 6.10. The third-order valence-electron chi connectivity index (χ3n) is 3.96. The lowest BCUT2D eigenvalue weighted by Crippen LogP contribution is -2.49. The molecule has 1 saturated heterocycles. The minimum Gasteiger partial charge on any atom is -0.351 e. The Morgan fingerprint density at radius 2 is 2.09 bits per heavy atom. The number of amidine groups is 1. The van der Waals surface area contributed by atoms with E-state index in [0.29, 0.717) is 24.1 Å². The fourth-order valence-electron chi connectivity index (χ4n) is 2.55. The number of hydrogen-bond donors (Lipinski definition) is 0. The predicted octanol–water partition coefficient (Wildman–Crippen LogP) is 2.05. The van der Waals surface area contributed by atoms with E-state index in [9.17, 15) is 4.79 Å². The molecule has 0 aromatic carbocycles. The highest BCUT2D eigenvalue weighted by molar-refractivity contribution is 8.14. The third-order valence-corrected chi connectivity index (χ3v) is 5.11. The molecule has 3 rings (SSSR count). The van der Waals surface area contributed by atoms with Crippen LogP contribution in [-0.2, 0) is 0 Å². The Labute approximate surface area is 134 Å². The lowest BCUT2D eigenvalue weighted by Gasteiger charge is -2.35. The van der Waals surface area contributed by atoms with Gasteiger partial charge in [-0.2, -0.15) is 0 Å². The zero-order chi connectivity index (χ0) is 15.7. The molecular formula is C15H22N4O2S. The van der Waals surface area contributed by atoms with Crippen LogP contribution in [0.5, 0.6) is 0 Å². The van der Waals surface area contributed by atoms with Crippen LogP contribution in [0.25, 0.3) is 0 Å². The SMILES string of the molecule is CC(C)c1cc(C(=O)N2CCN(C3=NC[C@@H](C)S3)CC2)on1. The minimum atomic E-state index is -0.0616. The van der Waals surface area contributed by atoms with Gasteiger partial charge in [0, 0.05) is 37.5 Å². The van der Waals surface area contributed by atoms with Crippen molar-refractivity contribution in [1.29, 1.82) is 0 Å². The van der Waals surface area contributed by atoms with Crippen LogP contribution < -0.4 is 0 Å². The molecule has 0 bridgehead atoms. The maximum absolute atomic E-state index is 12.5. The fourth-order valence-corrected chi connectivity index (χ4v) is 3.54. The molecule has 0 radical (unpaired) electrons. The van der Waals surface area contributed by atoms with Gasteiger partial charge in [0.05, 0.1) is 12.2 Å². The molecule has 1 atom stereocenters. The third kappa shape index (κ3) is 3.14. The van der Waals surface area contributed by atoms with Crippen molar-refractivity contribution in [3.8, 4) is 0 Å². The summed E-state index contributed by atoms with van der Waals surface area (Å²) in [5, 5.41) is 5.66. The Hall–Kier alpha value is -1.50. The molecular weight excluding hydrogens is 300 g/mol. The zero-order valence-electron chi connectivity index (χ0n) is 13.3. The van der Waals surface area contributed by atoms with E-state index >= 15 is 0 Å². The van der Waals surface area contributed by atoms with Gasteiger partial charge in [0.25, 0.3) is 5.91 Å². The van der Waals surface area contributed by atoms with Gasteiger partial charge >= 0.3 is 0 Å². The molecule has 1 aromatic rings. The van der Waals surface area contributed by atoms with Crippen molar-refractivity contribution in [2.75, 3.05) is 32.7 Å². The molecule has 1 aromatic heterocycles. The minimum absolute atomic E-state index is 0.0616. The topological polar surface area (TPSA) is 61.9 Å². The summed E-state index contributed by atoms with van der Waals surface area (Å²) in [4.78, 5) is 21.1. The Balaban J connectivity index is 1.57. The van der Waals surface area contributed by atoms with Crippen LogP contribution in [0, 0.1) is 0 Å². The van der Waals surface area contributed by atoms with Crippen molar-refractivity contribution in [3.63, 3.8) is 0 Å². The molecule has 0 N–H and O–H groups in total. The second kappa shape index (κ2) is 6.32. The average Bonchev–Trinajstić information content (AvgIpc) is 3.16. The summed E-state index contributed by atoms with van der Waals surface area (Å²) in [7, 11) is 0. The number of rotatable bonds is 2. The molecule has 120 valence electrons. The van der Waals surface area contributed by atoms with E-state index in [1.807, 2.05) is 30.5 Å². The summed E-state index contributed by atoms with van der Waals surface area (Å²) < 4.78 is 5.20. The van der Waals surface area contributed by atoms with Gasteiger partial charge in [-0.05, 0) is 5.92 Å². The number of hydrogen-bond acceptors (Lipinski definition) is 6. The molecule has 0 spiro atoms. The number of aromatic nitrogens is 1. The molecule has 6 nitrogen and oxygen atoms in total. The number of nitrogens with zero attached hydrogens (tertiary/aromatic N) is 4. The fraction of sp³-hybridized carbons (Fsp3) is 0.667. The average molecular weight is 322 g/mol. The largest absolute Gasteiger partial charge is 0.351 e. The first kappa shape index (κ1) is 15.4. The van der Waals surface area contributed by atoms with Crippen molar-refractivity contribution in [2.45, 2.75) is 31.9 Å². The summed E-state index contributed by atoms with van der Waals surface area (Å²) >= 11 is 1.83. The van der Waals surface area contributed by atoms with Crippen LogP contribution in [0.3, 0.4) is 0 Å². The van der Waals surface area contributed by atoms with Crippen LogP contribution >= 0.6 is 11.8 Å². The van der Waals surface area contributed by atoms with E-state index in [1.165, 1.54) is 0 Å². The van der Waals surface area contributed by atoms with Gasteiger partial charge in [-0.25, -0.2) is 0 Å². The molecule has 2 aliphatic rings. The molecule has 22 heavy (non-hydrogen) atoms. The molecule has 7 heteroatoms. The normalized spacial score (nSPS) is 22.4. The van der Waals surface area contributed by atoms with Gasteiger partial charge in [0.2, 0.25) is 5.76 Å². The lowest BCUT2D eigenvalue weighted by atomic mass is 10.1. The summed E-state index contributed by atoms with van der Waals surface area (Å²) in [5.74, 6) is 0.549. The number of carbonyl (C=O) groups excluding carboxylic acids is 1. The van der Waals surface area contributed by atoms with Gasteiger partial charge in [0.1, 0.15) is 0 Å². The smallest absolute Gasteiger partial charge is 0.292 e. The number of aliphatic imine (C=N–C) groups is 1.